The fourth-order valence-corrected chi connectivity index (χ4v) is 17.9. The molecule has 10 rings (SSSR count). The Morgan fingerprint density at radius 1 is 0.513 bits per heavy atom. The van der Waals surface area contributed by atoms with Crippen molar-refractivity contribution >= 4 is 65.9 Å². The summed E-state index contributed by atoms with van der Waals surface area (Å²) in [6, 6.07) is 28.7. The molecule has 4 aromatic carbocycles. The van der Waals surface area contributed by atoms with Crippen LogP contribution in [0.15, 0.2) is 97.1 Å². The van der Waals surface area contributed by atoms with Crippen molar-refractivity contribution in [1.82, 2.24) is 31.1 Å². The molecule has 6 amide bonds. The first-order valence-electron chi connectivity index (χ1n) is 44.7. The van der Waals surface area contributed by atoms with Crippen LogP contribution < -0.4 is 27.0 Å². The fourth-order valence-electron chi connectivity index (χ4n) is 17.9. The Balaban J connectivity index is 0.000000307. The van der Waals surface area contributed by atoms with Gasteiger partial charge in [-0.1, -0.05) is 160 Å². The predicted molar refractivity (Wildman–Crippen MR) is 468 cm³/mol. The summed E-state index contributed by atoms with van der Waals surface area (Å²) in [5, 5.41) is 21.1. The van der Waals surface area contributed by atoms with Crippen LogP contribution in [0.5, 0.6) is 0 Å². The topological polar surface area (TPSA) is 308 Å². The number of unbranched alkanes of at least 4 members (excludes halogenated alkanes) is 5. The average Bonchev–Trinajstić information content (AvgIpc) is 1.61. The number of hydrogen-bond acceptors (Lipinski definition) is 15. The molecule has 0 spiro atoms. The van der Waals surface area contributed by atoms with Crippen molar-refractivity contribution in [1.29, 1.82) is 0 Å². The number of carbonyl (C=O) groups is 10. The summed E-state index contributed by atoms with van der Waals surface area (Å²) >= 11 is 0. The standard InChI is InChI=1S/C54H81BN4O8.C42H61N3O7/c1-11-12-15-37-17-19-38(20-18-37)39-21-23-41(24-22-39)51(64)59-28-25-40(26-29-59)50(63)58-48(36(4)65-52(5,6)7)45(61)30-34(2)49(62)57-43(16-13-14-27-56)44(60)31-35(3)55-66-47-33-42-32-46(53(42,8)9)54(47,10)67-55;1-8-10-12-14-35(41(50)51)43-38(47)28(3)27-36(46)37(29(4)52-42(5,6)7)44-39(48)33-23-25-45(26-24-33)40(49)34-21-19-32(20-22-34)31-17-15-30(16-18-31)13-11-9-2/h17-24,34-36,40,42-43,46-48H,11-16,25-33,56H2,1-10H3,(H,57,62)(H,58,63);15-22,28-29,33,35,37H,8-14,23-27H2,1-7H3,(H,43,47)(H,44,48)(H,50,51)/t34-,35-,36-,42+,43+,46+,47?,48+,54+;28-,29-,35+,37+/m11/s1. The number of rotatable bonds is 41. The third-order valence-corrected chi connectivity index (χ3v) is 25.3. The van der Waals surface area contributed by atoms with Gasteiger partial charge in [0.15, 0.2) is 17.3 Å². The van der Waals surface area contributed by atoms with Gasteiger partial charge in [-0.2, -0.15) is 0 Å². The van der Waals surface area contributed by atoms with E-state index in [9.17, 15) is 53.1 Å². The van der Waals surface area contributed by atoms with E-state index in [4.69, 9.17) is 24.5 Å². The molecule has 22 nitrogen and oxygen atoms in total. The molecule has 3 aliphatic carbocycles. The largest absolute Gasteiger partial charge is 0.480 e. The molecule has 13 atom stereocenters. The zero-order chi connectivity index (χ0) is 87.3. The van der Waals surface area contributed by atoms with Gasteiger partial charge in [0.05, 0.1) is 41.2 Å². The van der Waals surface area contributed by atoms with Crippen molar-refractivity contribution in [3.8, 4) is 22.3 Å². The second kappa shape index (κ2) is 44.2. The van der Waals surface area contributed by atoms with Gasteiger partial charge in [-0.15, -0.1) is 0 Å². The number of carboxylic acids is 1. The first-order valence-corrected chi connectivity index (χ1v) is 44.7. The van der Waals surface area contributed by atoms with Gasteiger partial charge in [-0.05, 0) is 239 Å². The number of hydrogen-bond donors (Lipinski definition) is 6. The number of carboxylic acid groups (broad SMARTS) is 1. The Hall–Kier alpha value is -7.96. The number of aliphatic carboxylic acids is 1. The molecule has 4 aromatic rings. The lowest BCUT2D eigenvalue weighted by molar-refractivity contribution is -0.199. The summed E-state index contributed by atoms with van der Waals surface area (Å²) < 4.78 is 25.5. The van der Waals surface area contributed by atoms with Crippen molar-refractivity contribution in [3.05, 3.63) is 119 Å². The molecule has 3 aliphatic heterocycles. The zero-order valence-corrected chi connectivity index (χ0v) is 74.6. The number of nitrogens with one attached hydrogen (secondary N) is 4. The van der Waals surface area contributed by atoms with E-state index in [2.05, 4.69) is 104 Å². The van der Waals surface area contributed by atoms with E-state index in [0.717, 1.165) is 73.6 Å². The molecular weight excluding hydrogens is 1500 g/mol. The number of likely N-dealkylation sites (tertiary alicyclic amines) is 2. The summed E-state index contributed by atoms with van der Waals surface area (Å²) in [5.74, 6) is -5.13. The van der Waals surface area contributed by atoms with Gasteiger partial charge in [-0.25, -0.2) is 4.79 Å². The Kier molecular flexibility index (Phi) is 35.9. The zero-order valence-electron chi connectivity index (χ0n) is 74.6. The van der Waals surface area contributed by atoms with Gasteiger partial charge in [0.1, 0.15) is 18.1 Å². The summed E-state index contributed by atoms with van der Waals surface area (Å²) in [4.78, 5) is 138. The van der Waals surface area contributed by atoms with E-state index >= 15 is 0 Å². The number of ketones is 3. The molecule has 2 bridgehead atoms. The number of nitrogens with zero attached hydrogens (tertiary/aromatic N) is 2. The molecule has 0 radical (unpaired) electrons. The van der Waals surface area contributed by atoms with Crippen LogP contribution in [0, 0.1) is 40.9 Å². The number of piperidine rings is 2. The van der Waals surface area contributed by atoms with Gasteiger partial charge < -0.3 is 60.7 Å². The van der Waals surface area contributed by atoms with Crippen LogP contribution in [0.3, 0.4) is 0 Å². The predicted octanol–water partition coefficient (Wildman–Crippen LogP) is 15.5. The van der Waals surface area contributed by atoms with Crippen molar-refractivity contribution < 1.29 is 71.8 Å². The highest BCUT2D eigenvalue weighted by Crippen LogP contribution is 2.66. The van der Waals surface area contributed by atoms with E-state index < -0.39 is 96.2 Å². The van der Waals surface area contributed by atoms with Crippen LogP contribution in [0.25, 0.3) is 22.3 Å². The van der Waals surface area contributed by atoms with Crippen molar-refractivity contribution in [2.45, 2.75) is 324 Å². The molecular formula is C96H142BN7O15. The number of amides is 6. The quantitative estimate of drug-likeness (QED) is 0.0178. The maximum atomic E-state index is 14.2. The smallest absolute Gasteiger partial charge is 0.461 e. The van der Waals surface area contributed by atoms with Gasteiger partial charge >= 0.3 is 13.1 Å². The van der Waals surface area contributed by atoms with Gasteiger partial charge in [0, 0.05) is 80.2 Å². The second-order valence-electron chi connectivity index (χ2n) is 37.6. The van der Waals surface area contributed by atoms with Crippen molar-refractivity contribution in [3.63, 3.8) is 0 Å². The fraction of sp³-hybridized carbons (Fsp3) is 0.646. The molecule has 3 saturated carbocycles. The molecule has 23 heteroatoms. The van der Waals surface area contributed by atoms with Crippen molar-refractivity contribution in [2.24, 2.45) is 46.7 Å². The van der Waals surface area contributed by atoms with E-state index in [1.807, 2.05) is 104 Å². The summed E-state index contributed by atoms with van der Waals surface area (Å²) in [6.07, 6.45) is 13.7. The minimum atomic E-state index is -1.11. The third kappa shape index (κ3) is 27.3. The second-order valence-corrected chi connectivity index (χ2v) is 37.6. The number of aryl methyl sites for hydroxylation is 2. The minimum absolute atomic E-state index is 0.0122. The number of Topliss-reactive ketones (excluding diaryl/α,β-unsaturated/α-hetero) is 3. The summed E-state index contributed by atoms with van der Waals surface area (Å²) in [7, 11) is -0.502. The molecule has 119 heavy (non-hydrogen) atoms. The molecule has 3 heterocycles. The number of carbonyl (C=O) groups excluding carboxylic acids is 9. The van der Waals surface area contributed by atoms with E-state index in [1.165, 1.54) is 24.0 Å². The summed E-state index contributed by atoms with van der Waals surface area (Å²) in [5.41, 5.74) is 12.6. The SMILES string of the molecule is CCCCC[C@H](NC(=O)[C@H](C)CC(=O)[C@@H](NC(=O)C1CCN(C(=O)c2ccc(-c3ccc(CCCC)cc3)cc2)CC1)[C@@H](C)OC(C)(C)C)C(=O)O.CCCCc1ccc(-c2ccc(C(=O)N3CCC(C(=O)N[C@H](C(=O)C[C@@H](C)C(=O)N[C@@H](CCCCN)C(=O)C[C@@H](C)B4OC5C[C@@H]6C[C@@H](C6(C)C)[C@]5(C)O4)[C@@H](C)OC(C)(C)C)CC3)cc2)cc1. The number of benzene rings is 4. The maximum Gasteiger partial charge on any atom is 0.461 e. The molecule has 6 fully saturated rings. The Morgan fingerprint density at radius 3 is 1.28 bits per heavy atom. The Morgan fingerprint density at radius 2 is 0.899 bits per heavy atom. The number of nitrogens with two attached hydrogens (primary N) is 1. The van der Waals surface area contributed by atoms with Crippen LogP contribution in [0.4, 0.5) is 0 Å². The lowest BCUT2D eigenvalue weighted by Gasteiger charge is -2.64. The normalized spacial score (nSPS) is 20.9. The molecule has 3 saturated heterocycles. The lowest BCUT2D eigenvalue weighted by atomic mass is 9.43. The lowest BCUT2D eigenvalue weighted by Crippen LogP contribution is -2.65. The highest BCUT2D eigenvalue weighted by atomic mass is 16.7. The molecule has 1 unspecified atom stereocenters. The molecule has 0 aromatic heterocycles. The third-order valence-electron chi connectivity index (χ3n) is 25.3. The van der Waals surface area contributed by atoms with Crippen LogP contribution in [0.2, 0.25) is 5.82 Å². The Labute approximate surface area is 710 Å². The van der Waals surface area contributed by atoms with Crippen LogP contribution in [-0.4, -0.2) is 173 Å². The van der Waals surface area contributed by atoms with E-state index in [1.54, 1.807) is 37.5 Å². The average molecular weight is 1650 g/mol. The monoisotopic (exact) mass is 1640 g/mol. The highest BCUT2D eigenvalue weighted by Gasteiger charge is 2.68. The van der Waals surface area contributed by atoms with Gasteiger partial charge in [0.25, 0.3) is 11.8 Å². The Bertz CT molecular complexity index is 4010. The summed E-state index contributed by atoms with van der Waals surface area (Å²) in [6.45, 7) is 35.3. The van der Waals surface area contributed by atoms with Crippen LogP contribution in [0.1, 0.15) is 278 Å². The maximum absolute atomic E-state index is 14.2. The molecule has 7 N–H and O–H groups in total. The molecule has 6 aliphatic rings. The highest BCUT2D eigenvalue weighted by molar-refractivity contribution is 6.47. The first kappa shape index (κ1) is 96.5. The van der Waals surface area contributed by atoms with Gasteiger partial charge in [0.2, 0.25) is 23.6 Å². The van der Waals surface area contributed by atoms with E-state index in [-0.39, 0.29) is 83.2 Å². The molecule has 654 valence electrons. The minimum Gasteiger partial charge on any atom is -0.480 e. The number of ether oxygens (including phenoxy) is 2. The van der Waals surface area contributed by atoms with Crippen LogP contribution >= 0.6 is 0 Å². The van der Waals surface area contributed by atoms with Crippen LogP contribution in [-0.2, 0) is 70.0 Å². The van der Waals surface area contributed by atoms with Gasteiger partial charge in [-0.3, -0.25) is 43.2 Å². The van der Waals surface area contributed by atoms with E-state index in [0.29, 0.717) is 113 Å². The van der Waals surface area contributed by atoms with Crippen molar-refractivity contribution in [2.75, 3.05) is 32.7 Å². The first-order chi connectivity index (χ1) is 56.3.